The summed E-state index contributed by atoms with van der Waals surface area (Å²) >= 11 is 0. The maximum absolute atomic E-state index is 13.3. The van der Waals surface area contributed by atoms with E-state index in [2.05, 4.69) is 5.32 Å². The fraction of sp³-hybridized carbons (Fsp3) is 0.240. The number of nitrogens with one attached hydrogen (secondary N) is 1. The highest BCUT2D eigenvalue weighted by Gasteiger charge is 2.45. The van der Waals surface area contributed by atoms with E-state index in [-0.39, 0.29) is 12.3 Å². The second-order valence-corrected chi connectivity index (χ2v) is 8.19. The zero-order valence-corrected chi connectivity index (χ0v) is 17.7. The minimum atomic E-state index is -1.12. The van der Waals surface area contributed by atoms with Gasteiger partial charge in [-0.05, 0) is 49.2 Å². The van der Waals surface area contributed by atoms with Gasteiger partial charge >= 0.3 is 5.97 Å². The number of hydrogen-bond acceptors (Lipinski definition) is 4. The van der Waals surface area contributed by atoms with Gasteiger partial charge in [0.25, 0.3) is 5.91 Å². The van der Waals surface area contributed by atoms with Crippen LogP contribution in [0.25, 0.3) is 10.8 Å². The van der Waals surface area contributed by atoms with Gasteiger partial charge in [-0.25, -0.2) is 0 Å². The Kier molecular flexibility index (Phi) is 5.23. The molecular formula is C25H24N2O4. The molecule has 0 radical (unpaired) electrons. The number of carbonyl (C=O) groups is 3. The largest absolute Gasteiger partial charge is 0.452 e. The number of rotatable bonds is 4. The number of ether oxygens (including phenoxy) is 1. The van der Waals surface area contributed by atoms with Crippen LogP contribution in [0.4, 0.5) is 11.4 Å². The van der Waals surface area contributed by atoms with Gasteiger partial charge in [0.15, 0.2) is 6.10 Å². The first kappa shape index (κ1) is 20.6. The molecule has 0 saturated heterocycles. The van der Waals surface area contributed by atoms with Crippen LogP contribution in [0.1, 0.15) is 26.3 Å². The second kappa shape index (κ2) is 7.87. The van der Waals surface area contributed by atoms with E-state index in [1.165, 1.54) is 11.8 Å². The molecule has 2 amide bonds. The van der Waals surface area contributed by atoms with Crippen LogP contribution in [-0.2, 0) is 25.5 Å². The number of amides is 2. The van der Waals surface area contributed by atoms with Crippen LogP contribution in [0.5, 0.6) is 0 Å². The van der Waals surface area contributed by atoms with Gasteiger partial charge < -0.3 is 10.1 Å². The van der Waals surface area contributed by atoms with Crippen LogP contribution in [0.2, 0.25) is 0 Å². The maximum atomic E-state index is 13.3. The van der Waals surface area contributed by atoms with Gasteiger partial charge in [0.05, 0.1) is 17.8 Å². The van der Waals surface area contributed by atoms with Crippen molar-refractivity contribution < 1.29 is 19.1 Å². The molecule has 1 N–H and O–H groups in total. The monoisotopic (exact) mass is 416 g/mol. The smallest absolute Gasteiger partial charge is 0.311 e. The fourth-order valence-electron chi connectivity index (χ4n) is 3.83. The van der Waals surface area contributed by atoms with Gasteiger partial charge in [-0.15, -0.1) is 0 Å². The fourth-order valence-corrected chi connectivity index (χ4v) is 3.83. The molecule has 6 nitrogen and oxygen atoms in total. The molecule has 1 aliphatic heterocycles. The first-order valence-electron chi connectivity index (χ1n) is 10.2. The standard InChI is InChI=1S/C25H24N2O4/c1-16(31-22(28)15-17-12-13-18-8-4-5-9-19(18)14-17)23(29)27-21-11-7-6-10-20(21)26-24(30)25(27,2)3/h4-14,16H,15H2,1-3H3,(H,26,30)/t16-/m1/s1. The van der Waals surface area contributed by atoms with Crippen molar-refractivity contribution in [1.29, 1.82) is 0 Å². The topological polar surface area (TPSA) is 75.7 Å². The van der Waals surface area contributed by atoms with Gasteiger partial charge in [0.2, 0.25) is 5.91 Å². The minimum Gasteiger partial charge on any atom is -0.452 e. The van der Waals surface area contributed by atoms with Gasteiger partial charge in [0, 0.05) is 0 Å². The predicted molar refractivity (Wildman–Crippen MR) is 120 cm³/mol. The van der Waals surface area contributed by atoms with E-state index in [4.69, 9.17) is 4.74 Å². The molecule has 0 unspecified atom stereocenters. The van der Waals surface area contributed by atoms with E-state index in [0.29, 0.717) is 11.4 Å². The molecule has 0 spiro atoms. The van der Waals surface area contributed by atoms with Crippen molar-refractivity contribution in [3.63, 3.8) is 0 Å². The molecule has 3 aromatic carbocycles. The number of para-hydroxylation sites is 2. The number of carbonyl (C=O) groups excluding carboxylic acids is 3. The highest BCUT2D eigenvalue weighted by molar-refractivity contribution is 6.15. The third-order valence-corrected chi connectivity index (χ3v) is 5.55. The molecule has 0 aliphatic carbocycles. The molecule has 0 aromatic heterocycles. The molecule has 158 valence electrons. The van der Waals surface area contributed by atoms with Crippen molar-refractivity contribution in [2.75, 3.05) is 10.2 Å². The Hall–Kier alpha value is -3.67. The zero-order valence-electron chi connectivity index (χ0n) is 17.7. The van der Waals surface area contributed by atoms with Crippen LogP contribution >= 0.6 is 0 Å². The summed E-state index contributed by atoms with van der Waals surface area (Å²) in [6, 6.07) is 20.8. The lowest BCUT2D eigenvalue weighted by Crippen LogP contribution is -2.60. The van der Waals surface area contributed by atoms with E-state index >= 15 is 0 Å². The van der Waals surface area contributed by atoms with E-state index < -0.39 is 23.5 Å². The van der Waals surface area contributed by atoms with Gasteiger partial charge in [-0.2, -0.15) is 0 Å². The zero-order chi connectivity index (χ0) is 22.2. The van der Waals surface area contributed by atoms with E-state index in [1.54, 1.807) is 38.1 Å². The van der Waals surface area contributed by atoms with Crippen LogP contribution in [-0.4, -0.2) is 29.4 Å². The summed E-state index contributed by atoms with van der Waals surface area (Å²) in [6.45, 7) is 4.87. The quantitative estimate of drug-likeness (QED) is 0.651. The Morgan fingerprint density at radius 3 is 2.45 bits per heavy atom. The second-order valence-electron chi connectivity index (χ2n) is 8.19. The van der Waals surface area contributed by atoms with Crippen molar-refractivity contribution in [3.05, 3.63) is 72.3 Å². The van der Waals surface area contributed by atoms with Crippen molar-refractivity contribution >= 4 is 39.9 Å². The number of benzene rings is 3. The number of hydrogen-bond donors (Lipinski definition) is 1. The molecule has 0 bridgehead atoms. The van der Waals surface area contributed by atoms with Crippen molar-refractivity contribution in [1.82, 2.24) is 0 Å². The number of anilines is 2. The first-order valence-corrected chi connectivity index (χ1v) is 10.2. The molecule has 31 heavy (non-hydrogen) atoms. The Balaban J connectivity index is 1.51. The maximum Gasteiger partial charge on any atom is 0.311 e. The van der Waals surface area contributed by atoms with Gasteiger partial charge in [0.1, 0.15) is 5.54 Å². The number of nitrogens with zero attached hydrogens (tertiary/aromatic N) is 1. The van der Waals surface area contributed by atoms with Crippen LogP contribution in [0.15, 0.2) is 66.7 Å². The average Bonchev–Trinajstić information content (AvgIpc) is 2.74. The predicted octanol–water partition coefficient (Wildman–Crippen LogP) is 4.08. The molecule has 0 fully saturated rings. The van der Waals surface area contributed by atoms with Gasteiger partial charge in [-0.3, -0.25) is 19.3 Å². The van der Waals surface area contributed by atoms with E-state index in [9.17, 15) is 14.4 Å². The number of fused-ring (bicyclic) bond motifs is 2. The summed E-state index contributed by atoms with van der Waals surface area (Å²) in [6.07, 6.45) is -0.977. The Labute approximate surface area is 180 Å². The Morgan fingerprint density at radius 2 is 1.68 bits per heavy atom. The molecule has 1 atom stereocenters. The third-order valence-electron chi connectivity index (χ3n) is 5.55. The van der Waals surface area contributed by atoms with Crippen LogP contribution < -0.4 is 10.2 Å². The van der Waals surface area contributed by atoms with E-state index in [0.717, 1.165) is 16.3 Å². The summed E-state index contributed by atoms with van der Waals surface area (Å²) in [5.74, 6) is -1.24. The summed E-state index contributed by atoms with van der Waals surface area (Å²) < 4.78 is 5.46. The summed E-state index contributed by atoms with van der Waals surface area (Å²) in [7, 11) is 0. The van der Waals surface area contributed by atoms with E-state index in [1.807, 2.05) is 42.5 Å². The minimum absolute atomic E-state index is 0.0585. The molecule has 1 heterocycles. The Morgan fingerprint density at radius 1 is 1.00 bits per heavy atom. The lowest BCUT2D eigenvalue weighted by molar-refractivity contribution is -0.153. The summed E-state index contributed by atoms with van der Waals surface area (Å²) in [5.41, 5.74) is 0.820. The molecule has 0 saturated carbocycles. The highest BCUT2D eigenvalue weighted by Crippen LogP contribution is 2.37. The summed E-state index contributed by atoms with van der Waals surface area (Å²) in [4.78, 5) is 39.8. The lowest BCUT2D eigenvalue weighted by Gasteiger charge is -2.42. The molecular weight excluding hydrogens is 392 g/mol. The first-order chi connectivity index (χ1) is 14.8. The molecule has 6 heteroatoms. The highest BCUT2D eigenvalue weighted by atomic mass is 16.5. The number of esters is 1. The van der Waals surface area contributed by atoms with Crippen molar-refractivity contribution in [2.24, 2.45) is 0 Å². The molecule has 4 rings (SSSR count). The van der Waals surface area contributed by atoms with Crippen LogP contribution in [0.3, 0.4) is 0 Å². The van der Waals surface area contributed by atoms with Gasteiger partial charge in [-0.1, -0.05) is 54.6 Å². The lowest BCUT2D eigenvalue weighted by atomic mass is 9.95. The van der Waals surface area contributed by atoms with Crippen molar-refractivity contribution in [2.45, 2.75) is 38.8 Å². The van der Waals surface area contributed by atoms with Crippen molar-refractivity contribution in [3.8, 4) is 0 Å². The van der Waals surface area contributed by atoms with Crippen LogP contribution in [0, 0.1) is 0 Å². The Bertz CT molecular complexity index is 1180. The average molecular weight is 416 g/mol. The third kappa shape index (κ3) is 3.89. The summed E-state index contributed by atoms with van der Waals surface area (Å²) in [5, 5.41) is 4.95. The molecule has 1 aliphatic rings. The normalized spacial score (nSPS) is 15.7. The molecule has 3 aromatic rings. The SMILES string of the molecule is C[C@@H](OC(=O)Cc1ccc2ccccc2c1)C(=O)N1c2ccccc2NC(=O)C1(C)C.